The fourth-order valence-electron chi connectivity index (χ4n) is 2.42. The Kier molecular flexibility index (Phi) is 5.68. The molecule has 0 atom stereocenters. The van der Waals surface area contributed by atoms with Crippen LogP contribution in [0.2, 0.25) is 0 Å². The largest absolute Gasteiger partial charge is 0.492 e. The average Bonchev–Trinajstić information content (AvgIpc) is 3.13. The zero-order valence-corrected chi connectivity index (χ0v) is 15.7. The third-order valence-corrected chi connectivity index (χ3v) is 4.39. The number of hydrogen-bond acceptors (Lipinski definition) is 3. The van der Waals surface area contributed by atoms with Gasteiger partial charge in [-0.3, -0.25) is 9.89 Å². The Morgan fingerprint density at radius 2 is 1.88 bits per heavy atom. The van der Waals surface area contributed by atoms with Crippen molar-refractivity contribution in [2.75, 3.05) is 20.2 Å². The predicted molar refractivity (Wildman–Crippen MR) is 101 cm³/mol. The Balaban J connectivity index is 1.63. The van der Waals surface area contributed by atoms with Crippen LogP contribution in [0.3, 0.4) is 0 Å². The van der Waals surface area contributed by atoms with Crippen molar-refractivity contribution in [1.29, 1.82) is 0 Å². The molecule has 0 aliphatic carbocycles. The van der Waals surface area contributed by atoms with Crippen molar-refractivity contribution in [2.45, 2.75) is 0 Å². The molecule has 0 bridgehead atoms. The molecule has 0 radical (unpaired) electrons. The van der Waals surface area contributed by atoms with Crippen LogP contribution in [0.25, 0.3) is 11.3 Å². The highest BCUT2D eigenvalue weighted by Crippen LogP contribution is 2.22. The minimum Gasteiger partial charge on any atom is -0.492 e. The Morgan fingerprint density at radius 1 is 1.19 bits per heavy atom. The van der Waals surface area contributed by atoms with E-state index < -0.39 is 0 Å². The lowest BCUT2D eigenvalue weighted by molar-refractivity contribution is 0.0774. The fraction of sp³-hybridized carbons (Fsp3) is 0.158. The van der Waals surface area contributed by atoms with Crippen LogP contribution in [-0.2, 0) is 0 Å². The van der Waals surface area contributed by atoms with E-state index in [2.05, 4.69) is 26.1 Å². The number of ether oxygens (including phenoxy) is 1. The Hall–Kier alpha value is -2.67. The van der Waals surface area contributed by atoms with Crippen molar-refractivity contribution >= 4 is 21.8 Å². The van der Waals surface area contributed by atoms with Crippen LogP contribution in [0.15, 0.2) is 59.2 Å². The van der Waals surface area contributed by atoms with E-state index in [-0.39, 0.29) is 11.7 Å². The summed E-state index contributed by atoms with van der Waals surface area (Å²) >= 11 is 3.37. The number of hydrogen-bond donors (Lipinski definition) is 1. The van der Waals surface area contributed by atoms with Gasteiger partial charge in [0.25, 0.3) is 5.91 Å². The van der Waals surface area contributed by atoms with Crippen LogP contribution in [-0.4, -0.2) is 41.2 Å². The number of carbonyl (C=O) groups excluding carboxylic acids is 1. The SMILES string of the molecule is CN(CCOc1ccc(Br)cc1)C(=O)c1cn[nH]c1-c1ccc(F)cc1. The minimum atomic E-state index is -0.330. The van der Waals surface area contributed by atoms with Gasteiger partial charge in [0.15, 0.2) is 0 Å². The summed E-state index contributed by atoms with van der Waals surface area (Å²) in [4.78, 5) is 14.3. The van der Waals surface area contributed by atoms with Gasteiger partial charge in [0, 0.05) is 17.1 Å². The number of nitrogens with zero attached hydrogens (tertiary/aromatic N) is 2. The molecule has 0 unspecified atom stereocenters. The van der Waals surface area contributed by atoms with Crippen molar-refractivity contribution in [3.8, 4) is 17.0 Å². The van der Waals surface area contributed by atoms with E-state index in [9.17, 15) is 9.18 Å². The molecule has 0 aliphatic heterocycles. The molecule has 26 heavy (non-hydrogen) atoms. The zero-order valence-electron chi connectivity index (χ0n) is 14.1. The summed E-state index contributed by atoms with van der Waals surface area (Å²) < 4.78 is 19.7. The highest BCUT2D eigenvalue weighted by molar-refractivity contribution is 9.10. The second kappa shape index (κ2) is 8.14. The maximum Gasteiger partial charge on any atom is 0.257 e. The molecule has 1 heterocycles. The lowest BCUT2D eigenvalue weighted by Gasteiger charge is -2.17. The second-order valence-electron chi connectivity index (χ2n) is 5.69. The molecule has 0 aliphatic rings. The highest BCUT2D eigenvalue weighted by atomic mass is 79.9. The van der Waals surface area contributed by atoms with Gasteiger partial charge in [0.2, 0.25) is 0 Å². The van der Waals surface area contributed by atoms with Crippen molar-refractivity contribution in [2.24, 2.45) is 0 Å². The molecule has 5 nitrogen and oxygen atoms in total. The summed E-state index contributed by atoms with van der Waals surface area (Å²) in [5.74, 6) is 0.227. The Morgan fingerprint density at radius 3 is 2.58 bits per heavy atom. The number of aromatic amines is 1. The molecule has 3 aromatic rings. The molecule has 7 heteroatoms. The summed E-state index contributed by atoms with van der Waals surface area (Å²) in [6, 6.07) is 13.4. The van der Waals surface area contributed by atoms with Gasteiger partial charge in [-0.2, -0.15) is 5.10 Å². The number of H-pyrrole nitrogens is 1. The monoisotopic (exact) mass is 417 g/mol. The summed E-state index contributed by atoms with van der Waals surface area (Å²) in [6.45, 7) is 0.788. The van der Waals surface area contributed by atoms with E-state index in [1.165, 1.54) is 18.3 Å². The number of likely N-dealkylation sites (N-methyl/N-ethyl adjacent to an activating group) is 1. The van der Waals surface area contributed by atoms with E-state index in [0.717, 1.165) is 10.2 Å². The molecule has 1 N–H and O–H groups in total. The lowest BCUT2D eigenvalue weighted by atomic mass is 10.1. The van der Waals surface area contributed by atoms with Crippen LogP contribution >= 0.6 is 15.9 Å². The number of benzene rings is 2. The topological polar surface area (TPSA) is 58.2 Å². The molecule has 3 rings (SSSR count). The molecule has 1 aromatic heterocycles. The zero-order chi connectivity index (χ0) is 18.5. The molecule has 0 fully saturated rings. The third kappa shape index (κ3) is 4.29. The van der Waals surface area contributed by atoms with Crippen LogP contribution < -0.4 is 4.74 Å². The number of carbonyl (C=O) groups is 1. The molecule has 0 saturated carbocycles. The van der Waals surface area contributed by atoms with Gasteiger partial charge < -0.3 is 9.64 Å². The average molecular weight is 418 g/mol. The summed E-state index contributed by atoms with van der Waals surface area (Å²) in [5.41, 5.74) is 1.70. The molecular weight excluding hydrogens is 401 g/mol. The van der Waals surface area contributed by atoms with Crippen molar-refractivity contribution < 1.29 is 13.9 Å². The first-order chi connectivity index (χ1) is 12.5. The van der Waals surface area contributed by atoms with E-state index >= 15 is 0 Å². The van der Waals surface area contributed by atoms with Gasteiger partial charge in [-0.1, -0.05) is 15.9 Å². The normalized spacial score (nSPS) is 10.6. The van der Waals surface area contributed by atoms with Gasteiger partial charge in [0.1, 0.15) is 18.2 Å². The number of aromatic nitrogens is 2. The van der Waals surface area contributed by atoms with Crippen molar-refractivity contribution in [3.63, 3.8) is 0 Å². The number of amides is 1. The first-order valence-corrected chi connectivity index (χ1v) is 8.77. The molecular formula is C19H17BrFN3O2. The van der Waals surface area contributed by atoms with E-state index in [1.54, 1.807) is 24.1 Å². The molecule has 0 spiro atoms. The predicted octanol–water partition coefficient (Wildman–Crippen LogP) is 4.13. The van der Waals surface area contributed by atoms with Crippen molar-refractivity contribution in [1.82, 2.24) is 15.1 Å². The minimum absolute atomic E-state index is 0.183. The Labute approximate surface area is 158 Å². The van der Waals surface area contributed by atoms with Gasteiger partial charge in [0.05, 0.1) is 24.0 Å². The molecule has 0 saturated heterocycles. The fourth-order valence-corrected chi connectivity index (χ4v) is 2.69. The van der Waals surface area contributed by atoms with E-state index in [1.807, 2.05) is 24.3 Å². The third-order valence-electron chi connectivity index (χ3n) is 3.86. The molecule has 134 valence electrons. The number of nitrogens with one attached hydrogen (secondary N) is 1. The van der Waals surface area contributed by atoms with Gasteiger partial charge in [-0.05, 0) is 48.5 Å². The quantitative estimate of drug-likeness (QED) is 0.655. The smallest absolute Gasteiger partial charge is 0.257 e. The second-order valence-corrected chi connectivity index (χ2v) is 6.61. The van der Waals surface area contributed by atoms with E-state index in [0.29, 0.717) is 30.0 Å². The first kappa shape index (κ1) is 18.1. The maximum atomic E-state index is 13.1. The van der Waals surface area contributed by atoms with Crippen LogP contribution in [0.5, 0.6) is 5.75 Å². The number of halogens is 2. The van der Waals surface area contributed by atoms with Gasteiger partial charge in [-0.15, -0.1) is 0 Å². The summed E-state index contributed by atoms with van der Waals surface area (Å²) in [5, 5.41) is 6.77. The molecule has 1 amide bonds. The molecule has 2 aromatic carbocycles. The van der Waals surface area contributed by atoms with Crippen LogP contribution in [0.4, 0.5) is 4.39 Å². The van der Waals surface area contributed by atoms with Gasteiger partial charge in [-0.25, -0.2) is 4.39 Å². The number of rotatable bonds is 6. The van der Waals surface area contributed by atoms with Crippen LogP contribution in [0.1, 0.15) is 10.4 Å². The summed E-state index contributed by atoms with van der Waals surface area (Å²) in [6.07, 6.45) is 1.48. The summed E-state index contributed by atoms with van der Waals surface area (Å²) in [7, 11) is 1.70. The van der Waals surface area contributed by atoms with E-state index in [4.69, 9.17) is 4.74 Å². The van der Waals surface area contributed by atoms with Crippen molar-refractivity contribution in [3.05, 3.63) is 70.6 Å². The van der Waals surface area contributed by atoms with Crippen LogP contribution in [0, 0.1) is 5.82 Å². The Bertz CT molecular complexity index is 879. The first-order valence-electron chi connectivity index (χ1n) is 7.98. The highest BCUT2D eigenvalue weighted by Gasteiger charge is 2.19. The lowest BCUT2D eigenvalue weighted by Crippen LogP contribution is -2.31. The van der Waals surface area contributed by atoms with Gasteiger partial charge >= 0.3 is 0 Å². The maximum absolute atomic E-state index is 13.1. The standard InChI is InChI=1S/C19H17BrFN3O2/c1-24(10-11-26-16-8-4-14(20)5-9-16)19(25)17-12-22-23-18(17)13-2-6-15(21)7-3-13/h2-9,12H,10-11H2,1H3,(H,22,23).